The number of hydrogen-bond donors (Lipinski definition) is 2. The molecule has 7 heteroatoms. The third-order valence-electron chi connectivity index (χ3n) is 2.51. The summed E-state index contributed by atoms with van der Waals surface area (Å²) >= 11 is 1.03. The largest absolute Gasteiger partial charge is 0.478 e. The van der Waals surface area contributed by atoms with Crippen LogP contribution < -0.4 is 0 Å². The van der Waals surface area contributed by atoms with E-state index < -0.39 is 24.2 Å². The highest BCUT2D eigenvalue weighted by Gasteiger charge is 2.32. The van der Waals surface area contributed by atoms with Crippen LogP contribution in [0, 0.1) is 0 Å². The highest BCUT2D eigenvalue weighted by molar-refractivity contribution is 7.10. The maximum absolute atomic E-state index is 12.0. The first kappa shape index (κ1) is 15.0. The minimum atomic E-state index is -4.26. The molecule has 18 heavy (non-hydrogen) atoms. The van der Waals surface area contributed by atoms with Crippen molar-refractivity contribution in [2.75, 3.05) is 0 Å². The Labute approximate surface area is 106 Å². The molecule has 0 aliphatic rings. The van der Waals surface area contributed by atoms with Crippen molar-refractivity contribution in [3.05, 3.63) is 21.9 Å². The summed E-state index contributed by atoms with van der Waals surface area (Å²) in [6, 6.07) is 1.33. The van der Waals surface area contributed by atoms with Gasteiger partial charge in [0.1, 0.15) is 0 Å². The van der Waals surface area contributed by atoms with E-state index in [9.17, 15) is 23.1 Å². The van der Waals surface area contributed by atoms with Gasteiger partial charge in [-0.3, -0.25) is 0 Å². The van der Waals surface area contributed by atoms with Crippen LogP contribution in [0.25, 0.3) is 0 Å². The number of aliphatic hydroxyl groups is 1. The van der Waals surface area contributed by atoms with Gasteiger partial charge in [0.25, 0.3) is 0 Å². The molecular weight excluding hydrogens is 269 g/mol. The first-order valence-electron chi connectivity index (χ1n) is 5.24. The van der Waals surface area contributed by atoms with E-state index in [1.54, 1.807) is 0 Å². The van der Waals surface area contributed by atoms with E-state index in [0.717, 1.165) is 11.3 Å². The molecule has 1 aromatic heterocycles. The number of thiophene rings is 1. The van der Waals surface area contributed by atoms with Crippen LogP contribution in [-0.4, -0.2) is 22.4 Å². The number of hydrogen-bond acceptors (Lipinski definition) is 3. The van der Waals surface area contributed by atoms with Crippen molar-refractivity contribution in [2.45, 2.75) is 38.0 Å². The van der Waals surface area contributed by atoms with E-state index in [1.165, 1.54) is 18.4 Å². The number of carboxylic acids is 1. The Bertz CT molecular complexity index is 423. The van der Waals surface area contributed by atoms with Crippen LogP contribution in [0.4, 0.5) is 13.2 Å². The third kappa shape index (κ3) is 3.99. The summed E-state index contributed by atoms with van der Waals surface area (Å²) in [5.41, 5.74) is -1.61. The summed E-state index contributed by atoms with van der Waals surface area (Å²) in [4.78, 5) is 11.1. The molecule has 0 bridgehead atoms. The molecule has 0 saturated heterocycles. The maximum Gasteiger partial charge on any atom is 0.389 e. The van der Waals surface area contributed by atoms with E-state index in [0.29, 0.717) is 0 Å². The van der Waals surface area contributed by atoms with Gasteiger partial charge in [0.15, 0.2) is 0 Å². The minimum Gasteiger partial charge on any atom is -0.478 e. The standard InChI is InChI=1S/C11H13F3O3S/c1-10(17,4-2-5-11(12,13)14)8-7(9(15)16)3-6-18-8/h3,6,17H,2,4-5H2,1H3,(H,15,16). The number of carbonyl (C=O) groups is 1. The van der Waals surface area contributed by atoms with E-state index >= 15 is 0 Å². The number of rotatable bonds is 5. The summed E-state index contributed by atoms with van der Waals surface area (Å²) in [6.07, 6.45) is -5.63. The monoisotopic (exact) mass is 282 g/mol. The average Bonchev–Trinajstić information content (AvgIpc) is 2.63. The molecule has 0 spiro atoms. The zero-order valence-corrected chi connectivity index (χ0v) is 10.4. The van der Waals surface area contributed by atoms with Crippen LogP contribution in [0.5, 0.6) is 0 Å². The molecule has 0 aromatic carbocycles. The van der Waals surface area contributed by atoms with Crippen LogP contribution in [0.1, 0.15) is 41.4 Å². The Hall–Kier alpha value is -1.08. The molecule has 1 aromatic rings. The lowest BCUT2D eigenvalue weighted by Gasteiger charge is -2.23. The Morgan fingerprint density at radius 2 is 2.00 bits per heavy atom. The lowest BCUT2D eigenvalue weighted by molar-refractivity contribution is -0.137. The molecule has 1 heterocycles. The number of halogens is 3. The Morgan fingerprint density at radius 3 is 2.50 bits per heavy atom. The first-order chi connectivity index (χ1) is 8.13. The van der Waals surface area contributed by atoms with Crippen molar-refractivity contribution in [3.63, 3.8) is 0 Å². The van der Waals surface area contributed by atoms with Gasteiger partial charge < -0.3 is 10.2 Å². The van der Waals surface area contributed by atoms with Gasteiger partial charge in [-0.2, -0.15) is 13.2 Å². The Kier molecular flexibility index (Phi) is 4.39. The molecule has 0 fully saturated rings. The van der Waals surface area contributed by atoms with Gasteiger partial charge in [-0.25, -0.2) is 4.79 Å². The van der Waals surface area contributed by atoms with Gasteiger partial charge in [0.2, 0.25) is 0 Å². The Balaban J connectivity index is 2.74. The van der Waals surface area contributed by atoms with Gasteiger partial charge in [0.05, 0.1) is 16.0 Å². The molecular formula is C11H13F3O3S. The maximum atomic E-state index is 12.0. The second kappa shape index (κ2) is 5.27. The van der Waals surface area contributed by atoms with E-state index in [-0.39, 0.29) is 23.3 Å². The van der Waals surface area contributed by atoms with Gasteiger partial charge in [-0.15, -0.1) is 11.3 Å². The predicted molar refractivity (Wildman–Crippen MR) is 60.8 cm³/mol. The lowest BCUT2D eigenvalue weighted by atomic mass is 9.94. The number of alkyl halides is 3. The van der Waals surface area contributed by atoms with Crippen LogP contribution in [0.3, 0.4) is 0 Å². The fraction of sp³-hybridized carbons (Fsp3) is 0.545. The molecule has 1 rings (SSSR count). The van der Waals surface area contributed by atoms with Crippen LogP contribution >= 0.6 is 11.3 Å². The Morgan fingerprint density at radius 1 is 1.39 bits per heavy atom. The predicted octanol–water partition coefficient (Wildman–Crippen LogP) is 3.39. The SMILES string of the molecule is CC(O)(CCCC(F)(F)F)c1sccc1C(=O)O. The van der Waals surface area contributed by atoms with E-state index in [1.807, 2.05) is 0 Å². The lowest BCUT2D eigenvalue weighted by Crippen LogP contribution is -2.23. The first-order valence-corrected chi connectivity index (χ1v) is 6.12. The van der Waals surface area contributed by atoms with Gasteiger partial charge in [-0.1, -0.05) is 0 Å². The molecule has 0 radical (unpaired) electrons. The molecule has 1 unspecified atom stereocenters. The molecule has 0 amide bonds. The van der Waals surface area contributed by atoms with Crippen molar-refractivity contribution < 1.29 is 28.2 Å². The van der Waals surface area contributed by atoms with Crippen molar-refractivity contribution in [2.24, 2.45) is 0 Å². The van der Waals surface area contributed by atoms with Gasteiger partial charge in [-0.05, 0) is 31.2 Å². The fourth-order valence-corrected chi connectivity index (χ4v) is 2.62. The molecule has 3 nitrogen and oxygen atoms in total. The van der Waals surface area contributed by atoms with Crippen LogP contribution in [-0.2, 0) is 5.60 Å². The third-order valence-corrected chi connectivity index (χ3v) is 3.68. The summed E-state index contributed by atoms with van der Waals surface area (Å²) in [7, 11) is 0. The van der Waals surface area contributed by atoms with Crippen LogP contribution in [0.15, 0.2) is 11.4 Å². The summed E-state index contributed by atoms with van der Waals surface area (Å²) in [6.45, 7) is 1.33. The summed E-state index contributed by atoms with van der Waals surface area (Å²) in [5.74, 6) is -1.19. The smallest absolute Gasteiger partial charge is 0.389 e. The normalized spacial score (nSPS) is 15.4. The number of carboxylic acid groups (broad SMARTS) is 1. The summed E-state index contributed by atoms with van der Waals surface area (Å²) < 4.78 is 36.0. The fourth-order valence-electron chi connectivity index (χ4n) is 1.64. The van der Waals surface area contributed by atoms with Crippen LogP contribution in [0.2, 0.25) is 0 Å². The van der Waals surface area contributed by atoms with E-state index in [4.69, 9.17) is 5.11 Å². The highest BCUT2D eigenvalue weighted by Crippen LogP contribution is 2.35. The van der Waals surface area contributed by atoms with Gasteiger partial charge in [0, 0.05) is 6.42 Å². The number of aromatic carboxylic acids is 1. The highest BCUT2D eigenvalue weighted by atomic mass is 32.1. The van der Waals surface area contributed by atoms with Crippen molar-refractivity contribution in [3.8, 4) is 0 Å². The molecule has 1 atom stereocenters. The average molecular weight is 282 g/mol. The zero-order chi connectivity index (χ0) is 14.0. The topological polar surface area (TPSA) is 57.5 Å². The van der Waals surface area contributed by atoms with Crippen molar-refractivity contribution in [1.82, 2.24) is 0 Å². The van der Waals surface area contributed by atoms with E-state index in [2.05, 4.69) is 0 Å². The summed E-state index contributed by atoms with van der Waals surface area (Å²) in [5, 5.41) is 20.5. The quantitative estimate of drug-likeness (QED) is 0.870. The van der Waals surface area contributed by atoms with Crippen molar-refractivity contribution >= 4 is 17.3 Å². The van der Waals surface area contributed by atoms with Crippen molar-refractivity contribution in [1.29, 1.82) is 0 Å². The molecule has 0 aliphatic carbocycles. The molecule has 2 N–H and O–H groups in total. The molecule has 102 valence electrons. The minimum absolute atomic E-state index is 0.0583. The second-order valence-corrected chi connectivity index (χ2v) is 5.13. The molecule has 0 aliphatic heterocycles. The zero-order valence-electron chi connectivity index (χ0n) is 9.62. The molecule has 0 saturated carbocycles. The van der Waals surface area contributed by atoms with Gasteiger partial charge >= 0.3 is 12.1 Å². The second-order valence-electron chi connectivity index (χ2n) is 4.21.